The molecule has 1 N–H and O–H groups in total. The fourth-order valence-electron chi connectivity index (χ4n) is 4.52. The van der Waals surface area contributed by atoms with E-state index in [9.17, 15) is 26.3 Å². The van der Waals surface area contributed by atoms with E-state index in [1.54, 1.807) is 30.3 Å². The van der Waals surface area contributed by atoms with Gasteiger partial charge in [-0.25, -0.2) is 0 Å². The van der Waals surface area contributed by atoms with Gasteiger partial charge in [0.25, 0.3) is 0 Å². The standard InChI is InChI=1S/C30H19ClF6N2/c31-27-20(10-5-13-24(27)29(32,33)34)16-38-21-11-4-9-19(15-21)26-22-12-6-14-25(30(35,36)37)28(22)39-17-23(26)18-7-2-1-3-8-18/h1-15,17,38H,16H2. The van der Waals surface area contributed by atoms with Crippen LogP contribution in [0.2, 0.25) is 5.02 Å². The van der Waals surface area contributed by atoms with Crippen molar-refractivity contribution >= 4 is 28.2 Å². The molecule has 0 atom stereocenters. The van der Waals surface area contributed by atoms with E-state index in [0.717, 1.165) is 17.7 Å². The van der Waals surface area contributed by atoms with Gasteiger partial charge in [0.15, 0.2) is 0 Å². The molecule has 0 bridgehead atoms. The average Bonchev–Trinajstić information content (AvgIpc) is 2.91. The fourth-order valence-corrected chi connectivity index (χ4v) is 4.82. The number of rotatable bonds is 5. The summed E-state index contributed by atoms with van der Waals surface area (Å²) in [7, 11) is 0. The number of para-hydroxylation sites is 1. The molecular formula is C30H19ClF6N2. The second kappa shape index (κ2) is 10.3. The molecule has 1 heterocycles. The zero-order valence-electron chi connectivity index (χ0n) is 20.0. The normalized spacial score (nSPS) is 12.1. The quantitative estimate of drug-likeness (QED) is 0.218. The molecule has 5 aromatic rings. The average molecular weight is 557 g/mol. The Hall–Kier alpha value is -4.04. The first-order valence-corrected chi connectivity index (χ1v) is 12.1. The van der Waals surface area contributed by atoms with E-state index in [4.69, 9.17) is 11.6 Å². The topological polar surface area (TPSA) is 24.9 Å². The smallest absolute Gasteiger partial charge is 0.381 e. The number of alkyl halides is 6. The predicted molar refractivity (Wildman–Crippen MR) is 141 cm³/mol. The predicted octanol–water partition coefficient (Wildman–Crippen LogP) is 9.87. The molecule has 0 aliphatic heterocycles. The van der Waals surface area contributed by atoms with Gasteiger partial charge in [-0.2, -0.15) is 26.3 Å². The zero-order chi connectivity index (χ0) is 27.8. The van der Waals surface area contributed by atoms with E-state index in [1.807, 2.05) is 30.3 Å². The van der Waals surface area contributed by atoms with Gasteiger partial charge in [0, 0.05) is 34.9 Å². The Morgan fingerprint density at radius 3 is 2.05 bits per heavy atom. The fraction of sp³-hybridized carbons (Fsp3) is 0.100. The van der Waals surface area contributed by atoms with Gasteiger partial charge in [-0.1, -0.05) is 78.3 Å². The summed E-state index contributed by atoms with van der Waals surface area (Å²) >= 11 is 6.03. The molecule has 0 radical (unpaired) electrons. The minimum absolute atomic E-state index is 0.00701. The Bertz CT molecular complexity index is 1650. The van der Waals surface area contributed by atoms with Gasteiger partial charge in [0.1, 0.15) is 0 Å². The number of anilines is 1. The van der Waals surface area contributed by atoms with Crippen LogP contribution >= 0.6 is 11.6 Å². The van der Waals surface area contributed by atoms with Gasteiger partial charge in [-0.05, 0) is 41.0 Å². The molecule has 9 heteroatoms. The zero-order valence-corrected chi connectivity index (χ0v) is 20.8. The first-order chi connectivity index (χ1) is 18.5. The number of hydrogen-bond acceptors (Lipinski definition) is 2. The SMILES string of the molecule is FC(F)(F)c1cccc(CNc2cccc(-c3c(-c4ccccc4)cnc4c(C(F)(F)F)cccc34)c2)c1Cl. The highest BCUT2D eigenvalue weighted by molar-refractivity contribution is 6.32. The Balaban J connectivity index is 1.60. The van der Waals surface area contributed by atoms with E-state index < -0.39 is 23.5 Å². The number of nitrogens with zero attached hydrogens (tertiary/aromatic N) is 1. The van der Waals surface area contributed by atoms with Crippen LogP contribution in [-0.2, 0) is 18.9 Å². The summed E-state index contributed by atoms with van der Waals surface area (Å²) in [5, 5.41) is 3.02. The number of halogens is 7. The van der Waals surface area contributed by atoms with E-state index in [2.05, 4.69) is 10.3 Å². The number of benzene rings is 4. The second-order valence-electron chi connectivity index (χ2n) is 8.82. The van der Waals surface area contributed by atoms with Crippen LogP contribution in [0, 0.1) is 0 Å². The molecule has 1 aromatic heterocycles. The lowest BCUT2D eigenvalue weighted by atomic mass is 9.91. The number of nitrogens with one attached hydrogen (secondary N) is 1. The Morgan fingerprint density at radius 2 is 1.33 bits per heavy atom. The first-order valence-electron chi connectivity index (χ1n) is 11.8. The van der Waals surface area contributed by atoms with Crippen LogP contribution in [0.1, 0.15) is 16.7 Å². The van der Waals surface area contributed by atoms with Crippen LogP contribution in [0.3, 0.4) is 0 Å². The molecule has 0 saturated heterocycles. The van der Waals surface area contributed by atoms with Crippen LogP contribution in [-0.4, -0.2) is 4.98 Å². The molecule has 4 aromatic carbocycles. The van der Waals surface area contributed by atoms with E-state index in [-0.39, 0.29) is 22.6 Å². The van der Waals surface area contributed by atoms with Crippen molar-refractivity contribution in [1.29, 1.82) is 0 Å². The third-order valence-corrected chi connectivity index (χ3v) is 6.75. The van der Waals surface area contributed by atoms with Gasteiger partial charge in [0.2, 0.25) is 0 Å². The summed E-state index contributed by atoms with van der Waals surface area (Å²) in [5.74, 6) is 0. The Morgan fingerprint density at radius 1 is 0.692 bits per heavy atom. The Labute approximate surface area is 224 Å². The maximum absolute atomic E-state index is 13.8. The number of hydrogen-bond donors (Lipinski definition) is 1. The van der Waals surface area contributed by atoms with Crippen molar-refractivity contribution in [3.63, 3.8) is 0 Å². The maximum atomic E-state index is 13.8. The molecule has 0 unspecified atom stereocenters. The highest BCUT2D eigenvalue weighted by Gasteiger charge is 2.34. The van der Waals surface area contributed by atoms with Crippen molar-refractivity contribution in [2.24, 2.45) is 0 Å². The molecule has 198 valence electrons. The molecule has 2 nitrogen and oxygen atoms in total. The molecule has 0 spiro atoms. The van der Waals surface area contributed by atoms with Gasteiger partial charge in [-0.3, -0.25) is 4.98 Å². The third-order valence-electron chi connectivity index (χ3n) is 6.31. The van der Waals surface area contributed by atoms with Crippen molar-refractivity contribution < 1.29 is 26.3 Å². The summed E-state index contributed by atoms with van der Waals surface area (Å²) in [4.78, 5) is 4.20. The van der Waals surface area contributed by atoms with Crippen LogP contribution in [0.25, 0.3) is 33.2 Å². The number of fused-ring (bicyclic) bond motifs is 1. The van der Waals surface area contributed by atoms with E-state index in [0.29, 0.717) is 27.8 Å². The van der Waals surface area contributed by atoms with Crippen LogP contribution in [0.4, 0.5) is 32.0 Å². The highest BCUT2D eigenvalue weighted by Crippen LogP contribution is 2.42. The lowest BCUT2D eigenvalue weighted by Crippen LogP contribution is -2.09. The minimum Gasteiger partial charge on any atom is -0.381 e. The highest BCUT2D eigenvalue weighted by atomic mass is 35.5. The molecule has 0 aliphatic rings. The van der Waals surface area contributed by atoms with Crippen LogP contribution in [0.15, 0.2) is 97.2 Å². The summed E-state index contributed by atoms with van der Waals surface area (Å²) in [6.45, 7) is 0.00701. The van der Waals surface area contributed by atoms with Gasteiger partial charge >= 0.3 is 12.4 Å². The number of pyridine rings is 1. The third kappa shape index (κ3) is 5.43. The van der Waals surface area contributed by atoms with Gasteiger partial charge in [-0.15, -0.1) is 0 Å². The summed E-state index contributed by atoms with van der Waals surface area (Å²) in [6, 6.07) is 23.8. The molecule has 39 heavy (non-hydrogen) atoms. The summed E-state index contributed by atoms with van der Waals surface area (Å²) in [6.07, 6.45) is -7.74. The molecular weight excluding hydrogens is 538 g/mol. The molecule has 5 rings (SSSR count). The lowest BCUT2D eigenvalue weighted by Gasteiger charge is -2.17. The molecule has 0 aliphatic carbocycles. The van der Waals surface area contributed by atoms with E-state index >= 15 is 0 Å². The second-order valence-corrected chi connectivity index (χ2v) is 9.20. The van der Waals surface area contributed by atoms with Gasteiger partial charge < -0.3 is 5.32 Å². The van der Waals surface area contributed by atoms with Crippen molar-refractivity contribution in [2.75, 3.05) is 5.32 Å². The molecule has 0 saturated carbocycles. The molecule has 0 amide bonds. The van der Waals surface area contributed by atoms with Crippen molar-refractivity contribution in [1.82, 2.24) is 4.98 Å². The largest absolute Gasteiger partial charge is 0.418 e. The van der Waals surface area contributed by atoms with Crippen molar-refractivity contribution in [3.05, 3.63) is 119 Å². The van der Waals surface area contributed by atoms with Crippen LogP contribution < -0.4 is 5.32 Å². The van der Waals surface area contributed by atoms with Crippen molar-refractivity contribution in [2.45, 2.75) is 18.9 Å². The molecule has 0 fully saturated rings. The van der Waals surface area contributed by atoms with Crippen molar-refractivity contribution in [3.8, 4) is 22.3 Å². The lowest BCUT2D eigenvalue weighted by molar-refractivity contribution is -0.138. The minimum atomic E-state index is -4.59. The number of aromatic nitrogens is 1. The van der Waals surface area contributed by atoms with E-state index in [1.165, 1.54) is 24.4 Å². The Kier molecular flexibility index (Phi) is 6.99. The summed E-state index contributed by atoms with van der Waals surface area (Å²) in [5.41, 5.74) is 1.45. The maximum Gasteiger partial charge on any atom is 0.418 e. The van der Waals surface area contributed by atoms with Crippen LogP contribution in [0.5, 0.6) is 0 Å². The monoisotopic (exact) mass is 556 g/mol. The van der Waals surface area contributed by atoms with Gasteiger partial charge in [0.05, 0.1) is 21.7 Å². The summed E-state index contributed by atoms with van der Waals surface area (Å²) < 4.78 is 81.2. The first kappa shape index (κ1) is 26.6.